The zero-order valence-electron chi connectivity index (χ0n) is 11.7. The minimum atomic E-state index is 0.175. The number of halogens is 1. The van der Waals surface area contributed by atoms with Crippen molar-refractivity contribution in [2.45, 2.75) is 12.5 Å². The summed E-state index contributed by atoms with van der Waals surface area (Å²) >= 11 is 5.99. The minimum Gasteiger partial charge on any atom is -0.355 e. The lowest BCUT2D eigenvalue weighted by molar-refractivity contribution is 0.634. The first-order valence-corrected chi connectivity index (χ1v) is 7.53. The first kappa shape index (κ1) is 14.0. The average molecular weight is 300 g/mol. The van der Waals surface area contributed by atoms with Gasteiger partial charge < -0.3 is 10.6 Å². The van der Waals surface area contributed by atoms with Crippen LogP contribution >= 0.6 is 11.6 Å². The molecule has 4 heteroatoms. The van der Waals surface area contributed by atoms with E-state index in [2.05, 4.69) is 52.0 Å². The van der Waals surface area contributed by atoms with Gasteiger partial charge in [0.15, 0.2) is 5.96 Å². The quantitative estimate of drug-likeness (QED) is 0.910. The Morgan fingerprint density at radius 1 is 1.10 bits per heavy atom. The van der Waals surface area contributed by atoms with E-state index in [1.165, 1.54) is 11.1 Å². The molecule has 3 rings (SSSR count). The maximum Gasteiger partial charge on any atom is 0.191 e. The van der Waals surface area contributed by atoms with Crippen LogP contribution in [0.2, 0.25) is 5.02 Å². The van der Waals surface area contributed by atoms with Crippen LogP contribution in [0.25, 0.3) is 0 Å². The van der Waals surface area contributed by atoms with E-state index in [0.717, 1.165) is 30.5 Å². The van der Waals surface area contributed by atoms with E-state index in [1.54, 1.807) is 0 Å². The summed E-state index contributed by atoms with van der Waals surface area (Å²) < 4.78 is 0. The summed E-state index contributed by atoms with van der Waals surface area (Å²) in [6.45, 7) is 1.74. The third-order valence-corrected chi connectivity index (χ3v) is 3.79. The van der Waals surface area contributed by atoms with Gasteiger partial charge in [0.25, 0.3) is 0 Å². The van der Waals surface area contributed by atoms with Crippen LogP contribution in [0.3, 0.4) is 0 Å². The molecule has 1 atom stereocenters. The summed E-state index contributed by atoms with van der Waals surface area (Å²) in [5.74, 6) is 0.880. The van der Waals surface area contributed by atoms with Gasteiger partial charge >= 0.3 is 0 Å². The van der Waals surface area contributed by atoms with Crippen LogP contribution in [-0.2, 0) is 6.42 Å². The van der Waals surface area contributed by atoms with Crippen LogP contribution in [0.1, 0.15) is 17.2 Å². The summed E-state index contributed by atoms with van der Waals surface area (Å²) in [5, 5.41) is 7.52. The number of aliphatic imine (C=N–C) groups is 1. The molecule has 0 amide bonds. The molecule has 108 valence electrons. The molecule has 2 N–H and O–H groups in total. The molecule has 0 radical (unpaired) electrons. The van der Waals surface area contributed by atoms with Gasteiger partial charge in [-0.2, -0.15) is 0 Å². The average Bonchev–Trinajstić information content (AvgIpc) is 3.01. The highest BCUT2D eigenvalue weighted by atomic mass is 35.5. The third-order valence-electron chi connectivity index (χ3n) is 3.54. The lowest BCUT2D eigenvalue weighted by Gasteiger charge is -2.20. The molecule has 0 spiro atoms. The molecular weight excluding hydrogens is 282 g/mol. The first-order valence-electron chi connectivity index (χ1n) is 7.15. The van der Waals surface area contributed by atoms with E-state index >= 15 is 0 Å². The number of rotatable bonds is 4. The Kier molecular flexibility index (Phi) is 4.41. The lowest BCUT2D eigenvalue weighted by atomic mass is 9.99. The second-order valence-electron chi connectivity index (χ2n) is 5.10. The largest absolute Gasteiger partial charge is 0.355 e. The molecule has 0 aliphatic carbocycles. The van der Waals surface area contributed by atoms with E-state index < -0.39 is 0 Å². The second-order valence-corrected chi connectivity index (χ2v) is 5.53. The highest BCUT2D eigenvalue weighted by molar-refractivity contribution is 6.30. The van der Waals surface area contributed by atoms with Crippen molar-refractivity contribution in [1.82, 2.24) is 10.6 Å². The third kappa shape index (κ3) is 3.76. The number of hydrogen-bond acceptors (Lipinski definition) is 3. The van der Waals surface area contributed by atoms with Gasteiger partial charge in [0.05, 0.1) is 12.6 Å². The van der Waals surface area contributed by atoms with Crippen molar-refractivity contribution in [3.8, 4) is 0 Å². The second kappa shape index (κ2) is 6.64. The summed E-state index contributed by atoms with van der Waals surface area (Å²) in [6.07, 6.45) is 0.906. The van der Waals surface area contributed by atoms with Crippen LogP contribution < -0.4 is 10.6 Å². The maximum atomic E-state index is 5.99. The van der Waals surface area contributed by atoms with Gasteiger partial charge in [-0.05, 0) is 29.7 Å². The molecule has 1 unspecified atom stereocenters. The van der Waals surface area contributed by atoms with E-state index in [-0.39, 0.29) is 6.04 Å². The monoisotopic (exact) mass is 299 g/mol. The smallest absolute Gasteiger partial charge is 0.191 e. The topological polar surface area (TPSA) is 36.4 Å². The van der Waals surface area contributed by atoms with Crippen LogP contribution in [0.15, 0.2) is 59.6 Å². The predicted octanol–water partition coefficient (Wildman–Crippen LogP) is 3.17. The lowest BCUT2D eigenvalue weighted by Crippen LogP contribution is -2.37. The fourth-order valence-corrected chi connectivity index (χ4v) is 2.58. The Balaban J connectivity index is 1.81. The zero-order valence-corrected chi connectivity index (χ0v) is 12.5. The van der Waals surface area contributed by atoms with Crippen LogP contribution in [0.4, 0.5) is 0 Å². The molecule has 2 aromatic carbocycles. The first-order chi connectivity index (χ1) is 10.3. The Bertz CT molecular complexity index is 608. The van der Waals surface area contributed by atoms with Crippen molar-refractivity contribution < 1.29 is 0 Å². The van der Waals surface area contributed by atoms with Crippen LogP contribution in [0, 0.1) is 0 Å². The predicted molar refractivity (Wildman–Crippen MR) is 87.8 cm³/mol. The van der Waals surface area contributed by atoms with Gasteiger partial charge in [0.2, 0.25) is 0 Å². The Labute approximate surface area is 130 Å². The van der Waals surface area contributed by atoms with Crippen LogP contribution in [-0.4, -0.2) is 19.0 Å². The van der Waals surface area contributed by atoms with Crippen molar-refractivity contribution in [3.63, 3.8) is 0 Å². The molecular formula is C17H18ClN3. The van der Waals surface area contributed by atoms with Gasteiger partial charge in [0, 0.05) is 11.6 Å². The van der Waals surface area contributed by atoms with Gasteiger partial charge in [-0.25, -0.2) is 0 Å². The van der Waals surface area contributed by atoms with Crippen molar-refractivity contribution in [3.05, 3.63) is 70.7 Å². The molecule has 1 aliphatic heterocycles. The standard InChI is InChI=1S/C17H18ClN3/c18-15-8-6-14(7-9-15)16(21-17-19-10-11-20-17)12-13-4-2-1-3-5-13/h1-9,16H,10-12H2,(H2,19,20,21). The van der Waals surface area contributed by atoms with Gasteiger partial charge in [-0.3, -0.25) is 4.99 Å². The molecule has 0 fully saturated rings. The normalized spacial score (nSPS) is 15.2. The highest BCUT2D eigenvalue weighted by Crippen LogP contribution is 2.20. The zero-order chi connectivity index (χ0) is 14.5. The van der Waals surface area contributed by atoms with Gasteiger partial charge in [0.1, 0.15) is 0 Å². The molecule has 2 aromatic rings. The molecule has 3 nitrogen and oxygen atoms in total. The summed E-state index contributed by atoms with van der Waals surface area (Å²) in [4.78, 5) is 4.43. The van der Waals surface area contributed by atoms with Crippen molar-refractivity contribution in [2.24, 2.45) is 4.99 Å². The number of nitrogens with one attached hydrogen (secondary N) is 2. The van der Waals surface area contributed by atoms with Gasteiger partial charge in [-0.15, -0.1) is 0 Å². The van der Waals surface area contributed by atoms with E-state index in [4.69, 9.17) is 11.6 Å². The van der Waals surface area contributed by atoms with Crippen molar-refractivity contribution in [1.29, 1.82) is 0 Å². The number of hydrogen-bond donors (Lipinski definition) is 2. The van der Waals surface area contributed by atoms with Crippen LogP contribution in [0.5, 0.6) is 0 Å². The van der Waals surface area contributed by atoms with Crippen molar-refractivity contribution >= 4 is 17.6 Å². The maximum absolute atomic E-state index is 5.99. The molecule has 1 heterocycles. The molecule has 0 saturated heterocycles. The number of guanidine groups is 1. The fourth-order valence-electron chi connectivity index (χ4n) is 2.46. The Morgan fingerprint density at radius 3 is 2.52 bits per heavy atom. The van der Waals surface area contributed by atoms with E-state index in [1.807, 2.05) is 18.2 Å². The molecule has 0 aromatic heterocycles. The Morgan fingerprint density at radius 2 is 1.86 bits per heavy atom. The fraction of sp³-hybridized carbons (Fsp3) is 0.235. The molecule has 0 saturated carbocycles. The molecule has 21 heavy (non-hydrogen) atoms. The Hall–Kier alpha value is -2.00. The molecule has 0 bridgehead atoms. The summed E-state index contributed by atoms with van der Waals surface area (Å²) in [7, 11) is 0. The SMILES string of the molecule is Clc1ccc(C(Cc2ccccc2)NC2=NCCN2)cc1. The van der Waals surface area contributed by atoms with E-state index in [9.17, 15) is 0 Å². The van der Waals surface area contributed by atoms with Crippen molar-refractivity contribution in [2.75, 3.05) is 13.1 Å². The minimum absolute atomic E-state index is 0.175. The molecule has 1 aliphatic rings. The van der Waals surface area contributed by atoms with Gasteiger partial charge in [-0.1, -0.05) is 54.1 Å². The number of nitrogens with zero attached hydrogens (tertiary/aromatic N) is 1. The summed E-state index contributed by atoms with van der Waals surface area (Å²) in [5.41, 5.74) is 2.50. The van der Waals surface area contributed by atoms with E-state index in [0.29, 0.717) is 0 Å². The number of benzene rings is 2. The summed E-state index contributed by atoms with van der Waals surface area (Å²) in [6, 6.07) is 18.6. The highest BCUT2D eigenvalue weighted by Gasteiger charge is 2.15.